The molecule has 0 heterocycles. The number of carbonyl (C=O) groups is 1. The van der Waals surface area contributed by atoms with Crippen LogP contribution in [0.2, 0.25) is 0 Å². The van der Waals surface area contributed by atoms with Gasteiger partial charge >= 0.3 is 6.61 Å². The Hall–Kier alpha value is -1.99. The zero-order valence-electron chi connectivity index (χ0n) is 13.3. The van der Waals surface area contributed by atoms with Gasteiger partial charge in [-0.15, -0.1) is 0 Å². The number of rotatable bonds is 8. The van der Waals surface area contributed by atoms with E-state index in [4.69, 9.17) is 4.74 Å². The Morgan fingerprint density at radius 2 is 2.09 bits per heavy atom. The standard InChI is InChI=1S/C16H21F2NO4/c1-11(8-14(20)19-9-16(2,21)10-22-3)12-6-4-5-7-13(12)23-15(17)18/h4-8,15,21H,9-10H2,1-3H3,(H,19,20). The minimum atomic E-state index is -2.94. The van der Waals surface area contributed by atoms with Crippen molar-refractivity contribution in [1.82, 2.24) is 5.32 Å². The maximum Gasteiger partial charge on any atom is 0.387 e. The molecule has 5 nitrogen and oxygen atoms in total. The van der Waals surface area contributed by atoms with Gasteiger partial charge in [-0.3, -0.25) is 4.79 Å². The van der Waals surface area contributed by atoms with Crippen molar-refractivity contribution < 1.29 is 28.2 Å². The first kappa shape index (κ1) is 19.1. The highest BCUT2D eigenvalue weighted by molar-refractivity contribution is 5.95. The molecule has 1 unspecified atom stereocenters. The minimum absolute atomic E-state index is 0.00135. The van der Waals surface area contributed by atoms with Crippen LogP contribution in [0.4, 0.5) is 8.78 Å². The summed E-state index contributed by atoms with van der Waals surface area (Å²) in [6, 6.07) is 6.21. The summed E-state index contributed by atoms with van der Waals surface area (Å²) in [6.45, 7) is 0.265. The van der Waals surface area contributed by atoms with Crippen LogP contribution in [0.3, 0.4) is 0 Å². The van der Waals surface area contributed by atoms with Crippen LogP contribution in [0.5, 0.6) is 5.75 Å². The van der Waals surface area contributed by atoms with E-state index >= 15 is 0 Å². The Kier molecular flexibility index (Phi) is 7.12. The number of methoxy groups -OCH3 is 1. The lowest BCUT2D eigenvalue weighted by atomic mass is 10.1. The largest absolute Gasteiger partial charge is 0.434 e. The molecule has 0 aliphatic carbocycles. The van der Waals surface area contributed by atoms with Crippen LogP contribution in [-0.2, 0) is 9.53 Å². The smallest absolute Gasteiger partial charge is 0.387 e. The van der Waals surface area contributed by atoms with E-state index in [1.165, 1.54) is 26.2 Å². The van der Waals surface area contributed by atoms with Crippen molar-refractivity contribution in [3.05, 3.63) is 35.9 Å². The average molecular weight is 329 g/mol. The summed E-state index contributed by atoms with van der Waals surface area (Å²) in [5.41, 5.74) is -0.334. The molecule has 1 amide bonds. The van der Waals surface area contributed by atoms with Gasteiger partial charge in [-0.1, -0.05) is 18.2 Å². The lowest BCUT2D eigenvalue weighted by Crippen LogP contribution is -2.43. The molecule has 0 saturated carbocycles. The summed E-state index contributed by atoms with van der Waals surface area (Å²) in [5, 5.41) is 12.4. The number of allylic oxidation sites excluding steroid dienone is 1. The molecule has 7 heteroatoms. The lowest BCUT2D eigenvalue weighted by Gasteiger charge is -2.22. The quantitative estimate of drug-likeness (QED) is 0.718. The predicted octanol–water partition coefficient (Wildman–Crippen LogP) is 2.20. The van der Waals surface area contributed by atoms with Gasteiger partial charge in [0.05, 0.1) is 6.61 Å². The van der Waals surface area contributed by atoms with Gasteiger partial charge in [-0.2, -0.15) is 8.78 Å². The Morgan fingerprint density at radius 1 is 1.43 bits per heavy atom. The number of nitrogens with one attached hydrogen (secondary N) is 1. The number of hydrogen-bond acceptors (Lipinski definition) is 4. The maximum absolute atomic E-state index is 12.4. The number of hydrogen-bond donors (Lipinski definition) is 2. The molecule has 23 heavy (non-hydrogen) atoms. The topological polar surface area (TPSA) is 67.8 Å². The molecule has 0 saturated heterocycles. The van der Waals surface area contributed by atoms with Crippen molar-refractivity contribution in [3.63, 3.8) is 0 Å². The fraction of sp³-hybridized carbons (Fsp3) is 0.438. The van der Waals surface area contributed by atoms with Gasteiger partial charge in [0.15, 0.2) is 0 Å². The summed E-state index contributed by atoms with van der Waals surface area (Å²) < 4.78 is 34.1. The van der Waals surface area contributed by atoms with Crippen LogP contribution in [0.25, 0.3) is 5.57 Å². The molecule has 0 bridgehead atoms. The maximum atomic E-state index is 12.4. The van der Waals surface area contributed by atoms with E-state index in [0.717, 1.165) is 0 Å². The molecule has 0 spiro atoms. The monoisotopic (exact) mass is 329 g/mol. The average Bonchev–Trinajstić information content (AvgIpc) is 2.45. The highest BCUT2D eigenvalue weighted by Gasteiger charge is 2.20. The SMILES string of the molecule is COCC(C)(O)CNC(=O)C=C(C)c1ccccc1OC(F)F. The summed E-state index contributed by atoms with van der Waals surface area (Å²) in [7, 11) is 1.44. The molecule has 1 rings (SSSR count). The molecule has 0 aromatic heterocycles. The van der Waals surface area contributed by atoms with Crippen LogP contribution < -0.4 is 10.1 Å². The molecular weight excluding hydrogens is 308 g/mol. The molecule has 0 aliphatic rings. The Balaban J connectivity index is 2.78. The first-order chi connectivity index (χ1) is 10.7. The molecule has 2 N–H and O–H groups in total. The van der Waals surface area contributed by atoms with E-state index in [-0.39, 0.29) is 18.9 Å². The van der Waals surface area contributed by atoms with Crippen LogP contribution in [-0.4, -0.2) is 43.5 Å². The van der Waals surface area contributed by atoms with Crippen LogP contribution >= 0.6 is 0 Å². The normalized spacial score (nSPS) is 14.5. The van der Waals surface area contributed by atoms with Crippen molar-refractivity contribution in [2.45, 2.75) is 26.1 Å². The van der Waals surface area contributed by atoms with Crippen molar-refractivity contribution in [3.8, 4) is 5.75 Å². The first-order valence-corrected chi connectivity index (χ1v) is 6.97. The van der Waals surface area contributed by atoms with Crippen molar-refractivity contribution >= 4 is 11.5 Å². The number of para-hydroxylation sites is 1. The zero-order chi connectivity index (χ0) is 17.5. The molecule has 1 aromatic carbocycles. The lowest BCUT2D eigenvalue weighted by molar-refractivity contribution is -0.118. The van der Waals surface area contributed by atoms with E-state index < -0.39 is 18.1 Å². The second-order valence-corrected chi connectivity index (χ2v) is 5.35. The fourth-order valence-electron chi connectivity index (χ4n) is 1.96. The number of amides is 1. The van der Waals surface area contributed by atoms with Gasteiger partial charge in [0, 0.05) is 25.3 Å². The van der Waals surface area contributed by atoms with E-state index in [9.17, 15) is 18.7 Å². The second-order valence-electron chi connectivity index (χ2n) is 5.35. The highest BCUT2D eigenvalue weighted by atomic mass is 19.3. The van der Waals surface area contributed by atoms with E-state index in [1.54, 1.807) is 25.1 Å². The molecule has 0 aliphatic heterocycles. The van der Waals surface area contributed by atoms with Crippen molar-refractivity contribution in [1.29, 1.82) is 0 Å². The number of ether oxygens (including phenoxy) is 2. The van der Waals surface area contributed by atoms with Crippen molar-refractivity contribution in [2.24, 2.45) is 0 Å². The number of benzene rings is 1. The third-order valence-corrected chi connectivity index (χ3v) is 2.97. The molecule has 0 fully saturated rings. The van der Waals surface area contributed by atoms with E-state index in [2.05, 4.69) is 10.1 Å². The molecule has 1 atom stereocenters. The molecule has 0 radical (unpaired) electrons. The summed E-state index contributed by atoms with van der Waals surface area (Å²) in [4.78, 5) is 11.9. The summed E-state index contributed by atoms with van der Waals surface area (Å²) >= 11 is 0. The predicted molar refractivity (Wildman–Crippen MR) is 82.2 cm³/mol. The third kappa shape index (κ3) is 6.75. The number of aliphatic hydroxyl groups is 1. The van der Waals surface area contributed by atoms with Gasteiger partial charge in [-0.25, -0.2) is 0 Å². The van der Waals surface area contributed by atoms with Crippen LogP contribution in [0.15, 0.2) is 30.3 Å². The summed E-state index contributed by atoms with van der Waals surface area (Å²) in [6.07, 6.45) is 1.26. The highest BCUT2D eigenvalue weighted by Crippen LogP contribution is 2.26. The minimum Gasteiger partial charge on any atom is -0.434 e. The van der Waals surface area contributed by atoms with Crippen LogP contribution in [0, 0.1) is 0 Å². The Morgan fingerprint density at radius 3 is 2.70 bits per heavy atom. The summed E-state index contributed by atoms with van der Waals surface area (Å²) in [5.74, 6) is -0.457. The third-order valence-electron chi connectivity index (χ3n) is 2.97. The van der Waals surface area contributed by atoms with Crippen molar-refractivity contribution in [2.75, 3.05) is 20.3 Å². The number of alkyl halides is 2. The zero-order valence-corrected chi connectivity index (χ0v) is 13.3. The van der Waals surface area contributed by atoms with Gasteiger partial charge in [0.25, 0.3) is 0 Å². The van der Waals surface area contributed by atoms with Gasteiger partial charge in [0.2, 0.25) is 5.91 Å². The first-order valence-electron chi connectivity index (χ1n) is 6.97. The van der Waals surface area contributed by atoms with Gasteiger partial charge in [-0.05, 0) is 25.5 Å². The Labute approximate surface area is 133 Å². The van der Waals surface area contributed by atoms with Gasteiger partial charge in [0.1, 0.15) is 11.4 Å². The Bertz CT molecular complexity index is 559. The van der Waals surface area contributed by atoms with E-state index in [0.29, 0.717) is 11.1 Å². The number of halogens is 2. The fourth-order valence-corrected chi connectivity index (χ4v) is 1.96. The number of carbonyl (C=O) groups excluding carboxylic acids is 1. The van der Waals surface area contributed by atoms with Gasteiger partial charge < -0.3 is 19.9 Å². The van der Waals surface area contributed by atoms with E-state index in [1.807, 2.05) is 0 Å². The molecule has 1 aromatic rings. The molecule has 128 valence electrons. The molecular formula is C16H21F2NO4. The second kappa shape index (κ2) is 8.59. The van der Waals surface area contributed by atoms with Crippen LogP contribution in [0.1, 0.15) is 19.4 Å².